The number of H-pyrrole nitrogens is 1. The molecule has 29 heavy (non-hydrogen) atoms. The second-order valence-corrected chi connectivity index (χ2v) is 6.65. The fourth-order valence-corrected chi connectivity index (χ4v) is 3.08. The SMILES string of the molecule is COC(=O)[C@@H](Cc1c[nH]c2ccccc12)NC(=O)COC(=O)c1cccc(C)c1. The second kappa shape index (κ2) is 9.05. The van der Waals surface area contributed by atoms with Crippen molar-refractivity contribution in [2.75, 3.05) is 13.7 Å². The molecule has 1 atom stereocenters. The molecule has 1 amide bonds. The zero-order chi connectivity index (χ0) is 20.8. The number of para-hydroxylation sites is 1. The lowest BCUT2D eigenvalue weighted by Crippen LogP contribution is -2.44. The van der Waals surface area contributed by atoms with Gasteiger partial charge in [-0.3, -0.25) is 4.79 Å². The number of fused-ring (bicyclic) bond motifs is 1. The summed E-state index contributed by atoms with van der Waals surface area (Å²) in [5.41, 5.74) is 3.08. The van der Waals surface area contributed by atoms with E-state index < -0.39 is 30.5 Å². The lowest BCUT2D eigenvalue weighted by atomic mass is 10.0. The Labute approximate surface area is 168 Å². The summed E-state index contributed by atoms with van der Waals surface area (Å²) in [7, 11) is 1.26. The lowest BCUT2D eigenvalue weighted by Gasteiger charge is -2.16. The lowest BCUT2D eigenvalue weighted by molar-refractivity contribution is -0.145. The van der Waals surface area contributed by atoms with Crippen LogP contribution in [0, 0.1) is 6.92 Å². The first kappa shape index (κ1) is 20.1. The molecule has 0 saturated heterocycles. The highest BCUT2D eigenvalue weighted by Gasteiger charge is 2.24. The van der Waals surface area contributed by atoms with Crippen LogP contribution in [0.5, 0.6) is 0 Å². The molecule has 1 heterocycles. The molecule has 2 N–H and O–H groups in total. The average molecular weight is 394 g/mol. The summed E-state index contributed by atoms with van der Waals surface area (Å²) >= 11 is 0. The highest BCUT2D eigenvalue weighted by atomic mass is 16.5. The van der Waals surface area contributed by atoms with Gasteiger partial charge in [0.15, 0.2) is 6.61 Å². The van der Waals surface area contributed by atoms with Gasteiger partial charge in [-0.1, -0.05) is 35.9 Å². The Morgan fingerprint density at radius 1 is 1.10 bits per heavy atom. The Kier molecular flexibility index (Phi) is 6.29. The number of carbonyl (C=O) groups excluding carboxylic acids is 3. The molecule has 0 aliphatic rings. The maximum absolute atomic E-state index is 12.3. The highest BCUT2D eigenvalue weighted by Crippen LogP contribution is 2.19. The maximum atomic E-state index is 12.3. The Bertz CT molecular complexity index is 1040. The summed E-state index contributed by atoms with van der Waals surface area (Å²) in [6.45, 7) is 1.36. The van der Waals surface area contributed by atoms with Gasteiger partial charge in [-0.15, -0.1) is 0 Å². The summed E-state index contributed by atoms with van der Waals surface area (Å²) in [5, 5.41) is 3.54. The normalized spacial score (nSPS) is 11.7. The van der Waals surface area contributed by atoms with E-state index in [0.29, 0.717) is 5.56 Å². The minimum absolute atomic E-state index is 0.244. The number of aryl methyl sites for hydroxylation is 1. The van der Waals surface area contributed by atoms with Crippen LogP contribution in [-0.4, -0.2) is 42.6 Å². The molecule has 3 rings (SSSR count). The van der Waals surface area contributed by atoms with E-state index in [-0.39, 0.29) is 6.42 Å². The number of methoxy groups -OCH3 is 1. The van der Waals surface area contributed by atoms with Crippen molar-refractivity contribution in [3.8, 4) is 0 Å². The molecule has 0 saturated carbocycles. The molecule has 0 aliphatic heterocycles. The number of benzene rings is 2. The monoisotopic (exact) mass is 394 g/mol. The topological polar surface area (TPSA) is 97.5 Å². The molecule has 150 valence electrons. The largest absolute Gasteiger partial charge is 0.467 e. The van der Waals surface area contributed by atoms with Gasteiger partial charge in [0.25, 0.3) is 5.91 Å². The van der Waals surface area contributed by atoms with Gasteiger partial charge in [0.05, 0.1) is 12.7 Å². The van der Waals surface area contributed by atoms with Crippen LogP contribution in [0.3, 0.4) is 0 Å². The third-order valence-electron chi connectivity index (χ3n) is 4.51. The van der Waals surface area contributed by atoms with Gasteiger partial charge in [-0.05, 0) is 30.7 Å². The number of carbonyl (C=O) groups is 3. The Morgan fingerprint density at radius 3 is 2.66 bits per heavy atom. The van der Waals surface area contributed by atoms with Crippen LogP contribution in [0.15, 0.2) is 54.7 Å². The molecule has 7 heteroatoms. The third-order valence-corrected chi connectivity index (χ3v) is 4.51. The summed E-state index contributed by atoms with van der Waals surface area (Å²) in [6.07, 6.45) is 2.04. The molecule has 0 aliphatic carbocycles. The smallest absolute Gasteiger partial charge is 0.338 e. The number of aromatic nitrogens is 1. The van der Waals surface area contributed by atoms with Crippen molar-refractivity contribution in [3.05, 3.63) is 71.4 Å². The predicted octanol–water partition coefficient (Wildman–Crippen LogP) is 2.53. The number of aromatic amines is 1. The van der Waals surface area contributed by atoms with Crippen LogP contribution < -0.4 is 5.32 Å². The van der Waals surface area contributed by atoms with Crippen molar-refractivity contribution >= 4 is 28.7 Å². The minimum Gasteiger partial charge on any atom is -0.467 e. The molecule has 7 nitrogen and oxygen atoms in total. The minimum atomic E-state index is -0.899. The summed E-state index contributed by atoms with van der Waals surface area (Å²) in [5.74, 6) is -1.76. The molecule has 3 aromatic rings. The summed E-state index contributed by atoms with van der Waals surface area (Å²) < 4.78 is 9.87. The number of nitrogens with one attached hydrogen (secondary N) is 2. The highest BCUT2D eigenvalue weighted by molar-refractivity contribution is 5.92. The second-order valence-electron chi connectivity index (χ2n) is 6.65. The number of amides is 1. The molecule has 0 spiro atoms. The molecule has 0 bridgehead atoms. The first-order chi connectivity index (χ1) is 14.0. The average Bonchev–Trinajstić information content (AvgIpc) is 3.14. The van der Waals surface area contributed by atoms with E-state index in [9.17, 15) is 14.4 Å². The predicted molar refractivity (Wildman–Crippen MR) is 107 cm³/mol. The number of esters is 2. The van der Waals surface area contributed by atoms with Crippen LogP contribution in [0.1, 0.15) is 21.5 Å². The van der Waals surface area contributed by atoms with Crippen LogP contribution in [0.25, 0.3) is 10.9 Å². The fraction of sp³-hybridized carbons (Fsp3) is 0.227. The van der Waals surface area contributed by atoms with E-state index >= 15 is 0 Å². The molecule has 0 fully saturated rings. The standard InChI is InChI=1S/C22H22N2O5/c1-14-6-5-7-15(10-14)21(26)29-13-20(25)24-19(22(27)28-2)11-16-12-23-18-9-4-3-8-17(16)18/h3-10,12,19,23H,11,13H2,1-2H3,(H,24,25)/t19-/m1/s1. The van der Waals surface area contributed by atoms with Crippen molar-refractivity contribution in [2.24, 2.45) is 0 Å². The third kappa shape index (κ3) is 5.01. The Morgan fingerprint density at radius 2 is 1.90 bits per heavy atom. The van der Waals surface area contributed by atoms with Gasteiger partial charge in [0, 0.05) is 23.5 Å². The van der Waals surface area contributed by atoms with E-state index in [1.54, 1.807) is 24.4 Å². The quantitative estimate of drug-likeness (QED) is 0.600. The fourth-order valence-electron chi connectivity index (χ4n) is 3.08. The molecular formula is C22H22N2O5. The van der Waals surface area contributed by atoms with E-state index in [1.165, 1.54) is 7.11 Å². The van der Waals surface area contributed by atoms with Gasteiger partial charge in [-0.2, -0.15) is 0 Å². The zero-order valence-corrected chi connectivity index (χ0v) is 16.2. The van der Waals surface area contributed by atoms with Gasteiger partial charge in [-0.25, -0.2) is 9.59 Å². The summed E-state index contributed by atoms with van der Waals surface area (Å²) in [4.78, 5) is 39.6. The van der Waals surface area contributed by atoms with E-state index in [1.807, 2.05) is 37.3 Å². The van der Waals surface area contributed by atoms with Crippen molar-refractivity contribution in [3.63, 3.8) is 0 Å². The number of hydrogen-bond donors (Lipinski definition) is 2. The van der Waals surface area contributed by atoms with Gasteiger partial charge in [0.2, 0.25) is 0 Å². The van der Waals surface area contributed by atoms with Crippen LogP contribution in [0.4, 0.5) is 0 Å². The van der Waals surface area contributed by atoms with Crippen LogP contribution >= 0.6 is 0 Å². The molecule has 0 radical (unpaired) electrons. The van der Waals surface area contributed by atoms with Gasteiger partial charge in [0.1, 0.15) is 6.04 Å². The molecular weight excluding hydrogens is 372 g/mol. The molecule has 0 unspecified atom stereocenters. The van der Waals surface area contributed by atoms with Crippen molar-refractivity contribution in [1.82, 2.24) is 10.3 Å². The first-order valence-electron chi connectivity index (χ1n) is 9.14. The zero-order valence-electron chi connectivity index (χ0n) is 16.2. The van der Waals surface area contributed by atoms with Gasteiger partial charge >= 0.3 is 11.9 Å². The van der Waals surface area contributed by atoms with E-state index in [0.717, 1.165) is 22.0 Å². The number of ether oxygens (including phenoxy) is 2. The van der Waals surface area contributed by atoms with Crippen molar-refractivity contribution < 1.29 is 23.9 Å². The van der Waals surface area contributed by atoms with E-state index in [4.69, 9.17) is 9.47 Å². The summed E-state index contributed by atoms with van der Waals surface area (Å²) in [6, 6.07) is 13.6. The molecule has 1 aromatic heterocycles. The van der Waals surface area contributed by atoms with Crippen LogP contribution in [-0.2, 0) is 25.5 Å². The van der Waals surface area contributed by atoms with Crippen molar-refractivity contribution in [1.29, 1.82) is 0 Å². The van der Waals surface area contributed by atoms with Crippen LogP contribution in [0.2, 0.25) is 0 Å². The molecule has 2 aromatic carbocycles. The maximum Gasteiger partial charge on any atom is 0.338 e. The first-order valence-corrected chi connectivity index (χ1v) is 9.14. The van der Waals surface area contributed by atoms with E-state index in [2.05, 4.69) is 10.3 Å². The Hall–Kier alpha value is -3.61. The number of rotatable bonds is 7. The Balaban J connectivity index is 1.63. The van der Waals surface area contributed by atoms with Crippen molar-refractivity contribution in [2.45, 2.75) is 19.4 Å². The van der Waals surface area contributed by atoms with Gasteiger partial charge < -0.3 is 19.8 Å². The number of hydrogen-bond acceptors (Lipinski definition) is 5.